The van der Waals surface area contributed by atoms with Gasteiger partial charge < -0.3 is 10.2 Å². The van der Waals surface area contributed by atoms with Gasteiger partial charge in [-0.05, 0) is 31.4 Å². The van der Waals surface area contributed by atoms with Gasteiger partial charge in [0.25, 0.3) is 0 Å². The summed E-state index contributed by atoms with van der Waals surface area (Å²) >= 11 is 0. The molecule has 0 aliphatic carbocycles. The number of likely N-dealkylation sites (tertiary alicyclic amines) is 1. The van der Waals surface area contributed by atoms with Gasteiger partial charge in [0, 0.05) is 32.0 Å². The molecule has 5 nitrogen and oxygen atoms in total. The number of carbonyl (C=O) groups is 1. The molecular formula is C13H22N4O. The molecule has 0 saturated carbocycles. The lowest BCUT2D eigenvalue weighted by Crippen LogP contribution is -2.40. The molecule has 18 heavy (non-hydrogen) atoms. The lowest BCUT2D eigenvalue weighted by Gasteiger charge is -2.30. The molecule has 0 spiro atoms. The summed E-state index contributed by atoms with van der Waals surface area (Å²) in [7, 11) is 0. The maximum atomic E-state index is 11.6. The Labute approximate surface area is 108 Å². The van der Waals surface area contributed by atoms with Crippen molar-refractivity contribution >= 4 is 5.91 Å². The van der Waals surface area contributed by atoms with E-state index in [0.717, 1.165) is 25.6 Å². The first kappa shape index (κ1) is 13.1. The highest BCUT2D eigenvalue weighted by Gasteiger charge is 2.15. The average Bonchev–Trinajstić information content (AvgIpc) is 2.82. The predicted molar refractivity (Wildman–Crippen MR) is 70.1 cm³/mol. The molecule has 0 radical (unpaired) electrons. The van der Waals surface area contributed by atoms with Crippen molar-refractivity contribution in [1.82, 2.24) is 20.0 Å². The van der Waals surface area contributed by atoms with E-state index in [1.165, 1.54) is 19.4 Å². The minimum Gasteiger partial charge on any atom is -0.353 e. The molecule has 1 fully saturated rings. The van der Waals surface area contributed by atoms with Crippen LogP contribution >= 0.6 is 0 Å². The van der Waals surface area contributed by atoms with Gasteiger partial charge in [0.1, 0.15) is 6.54 Å². The van der Waals surface area contributed by atoms with Crippen LogP contribution in [0.4, 0.5) is 0 Å². The van der Waals surface area contributed by atoms with Gasteiger partial charge in [-0.3, -0.25) is 9.48 Å². The Balaban J connectivity index is 1.61. The molecule has 1 aliphatic heterocycles. The quantitative estimate of drug-likeness (QED) is 0.838. The zero-order valence-electron chi connectivity index (χ0n) is 11.0. The molecule has 5 heteroatoms. The zero-order valence-corrected chi connectivity index (χ0v) is 11.0. The van der Waals surface area contributed by atoms with Crippen LogP contribution in [0.1, 0.15) is 19.8 Å². The number of amides is 1. The monoisotopic (exact) mass is 250 g/mol. The maximum Gasteiger partial charge on any atom is 0.241 e. The van der Waals surface area contributed by atoms with Gasteiger partial charge >= 0.3 is 0 Å². The second-order valence-corrected chi connectivity index (χ2v) is 5.10. The van der Waals surface area contributed by atoms with Crippen molar-refractivity contribution in [3.63, 3.8) is 0 Å². The predicted octanol–water partition coefficient (Wildman–Crippen LogP) is 0.731. The summed E-state index contributed by atoms with van der Waals surface area (Å²) in [6, 6.07) is 1.82. The number of aromatic nitrogens is 2. The van der Waals surface area contributed by atoms with Crippen LogP contribution in [0.5, 0.6) is 0 Å². The third kappa shape index (κ3) is 4.14. The van der Waals surface area contributed by atoms with Gasteiger partial charge in [0.15, 0.2) is 0 Å². The van der Waals surface area contributed by atoms with E-state index in [1.54, 1.807) is 17.1 Å². The third-order valence-corrected chi connectivity index (χ3v) is 3.36. The molecule has 1 N–H and O–H groups in total. The van der Waals surface area contributed by atoms with Gasteiger partial charge in [-0.2, -0.15) is 5.10 Å². The topological polar surface area (TPSA) is 50.2 Å². The van der Waals surface area contributed by atoms with Crippen molar-refractivity contribution in [3.05, 3.63) is 18.5 Å². The van der Waals surface area contributed by atoms with Gasteiger partial charge in [-0.1, -0.05) is 6.92 Å². The summed E-state index contributed by atoms with van der Waals surface area (Å²) < 4.78 is 1.64. The van der Waals surface area contributed by atoms with Crippen molar-refractivity contribution in [2.24, 2.45) is 5.92 Å². The number of hydrogen-bond donors (Lipinski definition) is 1. The van der Waals surface area contributed by atoms with Crippen LogP contribution in [-0.4, -0.2) is 46.8 Å². The van der Waals surface area contributed by atoms with E-state index < -0.39 is 0 Å². The molecule has 1 aromatic heterocycles. The Bertz CT molecular complexity index is 363. The van der Waals surface area contributed by atoms with Crippen LogP contribution < -0.4 is 5.32 Å². The normalized spacial score (nSPS) is 20.8. The van der Waals surface area contributed by atoms with Gasteiger partial charge in [-0.25, -0.2) is 0 Å². The fourth-order valence-electron chi connectivity index (χ4n) is 2.44. The summed E-state index contributed by atoms with van der Waals surface area (Å²) in [5.74, 6) is 0.822. The Morgan fingerprint density at radius 3 is 3.17 bits per heavy atom. The fraction of sp³-hybridized carbons (Fsp3) is 0.692. The highest BCUT2D eigenvalue weighted by atomic mass is 16.2. The SMILES string of the molecule is CC1CCCN(CCNC(=O)Cn2cccn2)C1. The summed E-state index contributed by atoms with van der Waals surface area (Å²) in [6.07, 6.45) is 6.10. The first-order valence-corrected chi connectivity index (χ1v) is 6.70. The molecule has 100 valence electrons. The standard InChI is InChI=1S/C13H22N4O/c1-12-4-2-7-16(10-12)9-6-14-13(18)11-17-8-3-5-15-17/h3,5,8,12H,2,4,6-7,9-11H2,1H3,(H,14,18). The largest absolute Gasteiger partial charge is 0.353 e. The number of nitrogens with zero attached hydrogens (tertiary/aromatic N) is 3. The minimum absolute atomic E-state index is 0.0313. The van der Waals surface area contributed by atoms with Crippen LogP contribution in [0.25, 0.3) is 0 Å². The maximum absolute atomic E-state index is 11.6. The lowest BCUT2D eigenvalue weighted by atomic mass is 10.0. The fourth-order valence-corrected chi connectivity index (χ4v) is 2.44. The molecule has 1 aliphatic rings. The molecule has 1 unspecified atom stereocenters. The smallest absolute Gasteiger partial charge is 0.241 e. The Hall–Kier alpha value is -1.36. The summed E-state index contributed by atoms with van der Waals surface area (Å²) in [6.45, 7) is 6.61. The molecule has 2 rings (SSSR count). The van der Waals surface area contributed by atoms with Crippen molar-refractivity contribution < 1.29 is 4.79 Å². The summed E-state index contributed by atoms with van der Waals surface area (Å²) in [5.41, 5.74) is 0. The molecule has 1 aromatic rings. The number of carbonyl (C=O) groups excluding carboxylic acids is 1. The van der Waals surface area contributed by atoms with Gasteiger partial charge in [-0.15, -0.1) is 0 Å². The Morgan fingerprint density at radius 1 is 1.56 bits per heavy atom. The van der Waals surface area contributed by atoms with E-state index in [1.807, 2.05) is 6.07 Å². The van der Waals surface area contributed by atoms with Crippen LogP contribution in [-0.2, 0) is 11.3 Å². The van der Waals surface area contributed by atoms with E-state index in [-0.39, 0.29) is 5.91 Å². The zero-order chi connectivity index (χ0) is 12.8. The second-order valence-electron chi connectivity index (χ2n) is 5.10. The molecule has 0 aromatic carbocycles. The van der Waals surface area contributed by atoms with Crippen molar-refractivity contribution in [2.45, 2.75) is 26.3 Å². The molecular weight excluding hydrogens is 228 g/mol. The summed E-state index contributed by atoms with van der Waals surface area (Å²) in [5, 5.41) is 6.95. The number of piperidine rings is 1. The van der Waals surface area contributed by atoms with E-state index >= 15 is 0 Å². The van der Waals surface area contributed by atoms with Crippen LogP contribution in [0.15, 0.2) is 18.5 Å². The minimum atomic E-state index is 0.0313. The third-order valence-electron chi connectivity index (χ3n) is 3.36. The highest BCUT2D eigenvalue weighted by molar-refractivity contribution is 5.75. The highest BCUT2D eigenvalue weighted by Crippen LogP contribution is 2.14. The van der Waals surface area contributed by atoms with Crippen molar-refractivity contribution in [2.75, 3.05) is 26.2 Å². The molecule has 0 bridgehead atoms. The summed E-state index contributed by atoms with van der Waals surface area (Å²) in [4.78, 5) is 14.1. The van der Waals surface area contributed by atoms with Crippen molar-refractivity contribution in [1.29, 1.82) is 0 Å². The Morgan fingerprint density at radius 2 is 2.44 bits per heavy atom. The Kier molecular flexibility index (Phi) is 4.75. The van der Waals surface area contributed by atoms with Gasteiger partial charge in [0.05, 0.1) is 0 Å². The van der Waals surface area contributed by atoms with E-state index in [4.69, 9.17) is 0 Å². The molecule has 1 amide bonds. The van der Waals surface area contributed by atoms with Crippen LogP contribution in [0.3, 0.4) is 0 Å². The number of hydrogen-bond acceptors (Lipinski definition) is 3. The van der Waals surface area contributed by atoms with Crippen LogP contribution in [0.2, 0.25) is 0 Å². The van der Waals surface area contributed by atoms with Gasteiger partial charge in [0.2, 0.25) is 5.91 Å². The molecule has 1 atom stereocenters. The second kappa shape index (κ2) is 6.54. The molecule has 2 heterocycles. The average molecular weight is 250 g/mol. The lowest BCUT2D eigenvalue weighted by molar-refractivity contribution is -0.121. The number of rotatable bonds is 5. The van der Waals surface area contributed by atoms with Crippen LogP contribution in [0, 0.1) is 5.92 Å². The van der Waals surface area contributed by atoms with E-state index in [9.17, 15) is 4.79 Å². The first-order chi connectivity index (χ1) is 8.74. The molecule has 1 saturated heterocycles. The first-order valence-electron chi connectivity index (χ1n) is 6.70. The van der Waals surface area contributed by atoms with E-state index in [0.29, 0.717) is 6.54 Å². The van der Waals surface area contributed by atoms with E-state index in [2.05, 4.69) is 22.2 Å². The number of nitrogens with one attached hydrogen (secondary N) is 1. The van der Waals surface area contributed by atoms with Crippen molar-refractivity contribution in [3.8, 4) is 0 Å².